The molecule has 0 bridgehead atoms. The first-order chi connectivity index (χ1) is 16.8. The lowest BCUT2D eigenvalue weighted by molar-refractivity contribution is -0.134. The van der Waals surface area contributed by atoms with E-state index in [-0.39, 0.29) is 11.9 Å². The summed E-state index contributed by atoms with van der Waals surface area (Å²) in [5, 5.41) is 0. The molecule has 0 aliphatic carbocycles. The average Bonchev–Trinajstić information content (AvgIpc) is 2.40. The summed E-state index contributed by atoms with van der Waals surface area (Å²) < 4.78 is 56.0. The van der Waals surface area contributed by atoms with E-state index < -0.39 is 68.5 Å². The Bertz CT molecular complexity index is 793. The van der Waals surface area contributed by atoms with E-state index in [4.69, 9.17) is 37.7 Å². The van der Waals surface area contributed by atoms with Crippen molar-refractivity contribution in [1.29, 1.82) is 0 Å². The standard InChI is InChI=1S/C20H54O11Si8/c1-19(21)23-32(3,4)25-34(7,8)27-36(11,12)29-38(15,16)31-39(17,18)30-37(13,14)28-35(9,10)26-33(5,6)24-20(2)22/h1-18H3. The van der Waals surface area contributed by atoms with Gasteiger partial charge in [0.15, 0.2) is 0 Å². The van der Waals surface area contributed by atoms with Crippen molar-refractivity contribution in [2.24, 2.45) is 0 Å². The summed E-state index contributed by atoms with van der Waals surface area (Å²) in [5.41, 5.74) is 0. The predicted octanol–water partition coefficient (Wildman–Crippen LogP) is 5.84. The van der Waals surface area contributed by atoms with Gasteiger partial charge in [0, 0.05) is 13.8 Å². The zero-order valence-corrected chi connectivity index (χ0v) is 35.5. The van der Waals surface area contributed by atoms with E-state index in [1.54, 1.807) is 0 Å². The summed E-state index contributed by atoms with van der Waals surface area (Å²) in [7, 11) is -21.5. The van der Waals surface area contributed by atoms with Crippen LogP contribution in [0.25, 0.3) is 0 Å². The van der Waals surface area contributed by atoms with Crippen LogP contribution < -0.4 is 0 Å². The van der Waals surface area contributed by atoms with Crippen molar-refractivity contribution < 1.29 is 47.2 Å². The van der Waals surface area contributed by atoms with Crippen LogP contribution in [0.4, 0.5) is 0 Å². The third kappa shape index (κ3) is 18.5. The number of rotatable bonds is 16. The average molecular weight is 695 g/mol. The van der Waals surface area contributed by atoms with Gasteiger partial charge in [0.25, 0.3) is 11.9 Å². The molecule has 0 aliphatic heterocycles. The molecule has 0 fully saturated rings. The van der Waals surface area contributed by atoms with Crippen LogP contribution in [0.15, 0.2) is 0 Å². The zero-order valence-electron chi connectivity index (χ0n) is 27.5. The van der Waals surface area contributed by atoms with Crippen molar-refractivity contribution in [2.75, 3.05) is 0 Å². The molecular weight excluding hydrogens is 641 g/mol. The van der Waals surface area contributed by atoms with Gasteiger partial charge in [0.2, 0.25) is 0 Å². The molecule has 0 aromatic heterocycles. The van der Waals surface area contributed by atoms with Gasteiger partial charge in [-0.15, -0.1) is 0 Å². The van der Waals surface area contributed by atoms with Crippen LogP contribution in [0, 0.1) is 0 Å². The van der Waals surface area contributed by atoms with Crippen LogP contribution in [0.5, 0.6) is 0 Å². The molecule has 0 aromatic carbocycles. The number of carbonyl (C=O) groups is 2. The van der Waals surface area contributed by atoms with Crippen molar-refractivity contribution in [2.45, 2.75) is 119 Å². The molecule has 0 atom stereocenters. The summed E-state index contributed by atoms with van der Waals surface area (Å²) in [6.45, 7) is 33.7. The highest BCUT2D eigenvalue weighted by molar-refractivity contribution is 6.92. The van der Waals surface area contributed by atoms with Crippen LogP contribution in [-0.2, 0) is 47.2 Å². The second kappa shape index (κ2) is 13.4. The summed E-state index contributed by atoms with van der Waals surface area (Å²) in [5.74, 6) is -0.719. The van der Waals surface area contributed by atoms with Crippen molar-refractivity contribution in [3.8, 4) is 0 Å². The number of hydrogen-bond acceptors (Lipinski definition) is 11. The minimum atomic E-state index is -2.71. The monoisotopic (exact) mass is 694 g/mol. The fraction of sp³-hybridized carbons (Fsp3) is 0.900. The molecule has 232 valence electrons. The lowest BCUT2D eigenvalue weighted by Gasteiger charge is -2.43. The third-order valence-corrected chi connectivity index (χ3v) is 33.3. The van der Waals surface area contributed by atoms with Gasteiger partial charge in [-0.05, 0) is 105 Å². The Morgan fingerprint density at radius 1 is 0.308 bits per heavy atom. The van der Waals surface area contributed by atoms with Crippen LogP contribution >= 0.6 is 0 Å². The maximum Gasteiger partial charge on any atom is 0.386 e. The van der Waals surface area contributed by atoms with Crippen LogP contribution in [-0.4, -0.2) is 80.4 Å². The fourth-order valence-corrected chi connectivity index (χ4v) is 43.1. The SMILES string of the molecule is CC(=O)O[Si](C)(C)O[Si](C)(C)O[Si](C)(C)O[Si](C)(C)O[Si](C)(C)O[Si](C)(C)O[Si](C)(C)O[Si](C)(C)OC(C)=O. The predicted molar refractivity (Wildman–Crippen MR) is 171 cm³/mol. The molecule has 0 N–H and O–H groups in total. The molecule has 0 unspecified atom stereocenters. The molecule has 11 nitrogen and oxygen atoms in total. The van der Waals surface area contributed by atoms with Gasteiger partial charge in [-0.25, -0.2) is 0 Å². The Morgan fingerprint density at radius 2 is 0.436 bits per heavy atom. The first-order valence-corrected chi connectivity index (χ1v) is 35.6. The summed E-state index contributed by atoms with van der Waals surface area (Å²) >= 11 is 0. The van der Waals surface area contributed by atoms with Gasteiger partial charge in [-0.1, -0.05) is 0 Å². The Hall–Kier alpha value is 0.395. The van der Waals surface area contributed by atoms with Gasteiger partial charge in [-0.2, -0.15) is 0 Å². The largest absolute Gasteiger partial charge is 0.495 e. The van der Waals surface area contributed by atoms with E-state index in [1.165, 1.54) is 13.8 Å². The first-order valence-electron chi connectivity index (χ1n) is 13.1. The van der Waals surface area contributed by atoms with Gasteiger partial charge in [-0.3, -0.25) is 9.59 Å². The topological polar surface area (TPSA) is 117 Å². The lowest BCUT2D eigenvalue weighted by atomic mass is 10.9. The first kappa shape index (κ1) is 39.4. The smallest absolute Gasteiger partial charge is 0.386 e. The molecule has 0 spiro atoms. The van der Waals surface area contributed by atoms with Crippen molar-refractivity contribution in [3.63, 3.8) is 0 Å². The van der Waals surface area contributed by atoms with E-state index in [2.05, 4.69) is 0 Å². The molecule has 0 aromatic rings. The van der Waals surface area contributed by atoms with Gasteiger partial charge >= 0.3 is 68.5 Å². The van der Waals surface area contributed by atoms with E-state index in [1.807, 2.05) is 105 Å². The van der Waals surface area contributed by atoms with E-state index in [9.17, 15) is 9.59 Å². The Morgan fingerprint density at radius 3 is 0.564 bits per heavy atom. The zero-order chi connectivity index (χ0) is 31.5. The highest BCUT2D eigenvalue weighted by atomic mass is 28.5. The number of carbonyl (C=O) groups excluding carboxylic acids is 2. The summed E-state index contributed by atoms with van der Waals surface area (Å²) in [6.07, 6.45) is 0. The van der Waals surface area contributed by atoms with Gasteiger partial charge < -0.3 is 37.7 Å². The van der Waals surface area contributed by atoms with Gasteiger partial charge in [0.05, 0.1) is 0 Å². The van der Waals surface area contributed by atoms with Crippen molar-refractivity contribution in [3.05, 3.63) is 0 Å². The minimum absolute atomic E-state index is 0.360. The van der Waals surface area contributed by atoms with E-state index in [0.29, 0.717) is 0 Å². The molecule has 0 rings (SSSR count). The molecule has 0 saturated carbocycles. The molecule has 19 heteroatoms. The summed E-state index contributed by atoms with van der Waals surface area (Å²) in [4.78, 5) is 22.9. The highest BCUT2D eigenvalue weighted by Crippen LogP contribution is 2.29. The maximum atomic E-state index is 11.5. The number of hydrogen-bond donors (Lipinski definition) is 0. The Kier molecular flexibility index (Phi) is 13.5. The molecule has 39 heavy (non-hydrogen) atoms. The molecular formula is C20H54O11Si8. The molecule has 0 saturated heterocycles. The third-order valence-electron chi connectivity index (χ3n) is 4.22. The van der Waals surface area contributed by atoms with Crippen LogP contribution in [0.3, 0.4) is 0 Å². The minimum Gasteiger partial charge on any atom is -0.495 e. The van der Waals surface area contributed by atoms with Crippen molar-refractivity contribution in [1.82, 2.24) is 0 Å². The van der Waals surface area contributed by atoms with Crippen molar-refractivity contribution >= 4 is 80.4 Å². The van der Waals surface area contributed by atoms with Crippen LogP contribution in [0.1, 0.15) is 13.8 Å². The van der Waals surface area contributed by atoms with Gasteiger partial charge in [0.1, 0.15) is 0 Å². The Balaban J connectivity index is 5.39. The normalized spacial score (nSPS) is 14.8. The molecule has 0 radical (unpaired) electrons. The molecule has 0 amide bonds. The van der Waals surface area contributed by atoms with E-state index in [0.717, 1.165) is 0 Å². The quantitative estimate of drug-likeness (QED) is 0.181. The second-order valence-electron chi connectivity index (χ2n) is 13.1. The highest BCUT2D eigenvalue weighted by Gasteiger charge is 2.50. The second-order valence-corrected chi connectivity index (χ2v) is 41.6. The Labute approximate surface area is 245 Å². The van der Waals surface area contributed by atoms with Crippen LogP contribution in [0.2, 0.25) is 105 Å². The molecule has 0 aliphatic rings. The fourth-order valence-electron chi connectivity index (χ4n) is 5.00. The maximum absolute atomic E-state index is 11.5. The molecule has 0 heterocycles. The summed E-state index contributed by atoms with van der Waals surface area (Å²) in [6, 6.07) is 0. The van der Waals surface area contributed by atoms with E-state index >= 15 is 0 Å². The lowest BCUT2D eigenvalue weighted by Crippen LogP contribution is -2.61.